The molecule has 0 unspecified atom stereocenters. The van der Waals surface area contributed by atoms with E-state index in [4.69, 9.17) is 9.47 Å². The monoisotopic (exact) mass is 371 g/mol. The Labute approximate surface area is 151 Å². The largest absolute Gasteiger partial charge is 0.448 e. The van der Waals surface area contributed by atoms with Gasteiger partial charge in [-0.25, -0.2) is 4.79 Å². The number of hydrogen-bond acceptors (Lipinski definition) is 3. The maximum absolute atomic E-state index is 13.2. The van der Waals surface area contributed by atoms with Crippen molar-refractivity contribution in [1.82, 2.24) is 4.90 Å². The van der Waals surface area contributed by atoms with Gasteiger partial charge in [0, 0.05) is 13.7 Å². The second-order valence-corrected chi connectivity index (χ2v) is 7.02. The Morgan fingerprint density at radius 2 is 1.88 bits per heavy atom. The van der Waals surface area contributed by atoms with Crippen LogP contribution in [0.3, 0.4) is 0 Å². The number of methoxy groups -OCH3 is 1. The second-order valence-electron chi connectivity index (χ2n) is 7.02. The summed E-state index contributed by atoms with van der Waals surface area (Å²) in [6.07, 6.45) is 0.765. The summed E-state index contributed by atoms with van der Waals surface area (Å²) < 4.78 is 50.5. The molecule has 0 bridgehead atoms. The van der Waals surface area contributed by atoms with Gasteiger partial charge in [0.25, 0.3) is 0 Å². The van der Waals surface area contributed by atoms with Crippen molar-refractivity contribution in [2.45, 2.75) is 56.8 Å². The first-order chi connectivity index (χ1) is 12.4. The molecule has 1 saturated heterocycles. The molecule has 0 aromatic heterocycles. The summed E-state index contributed by atoms with van der Waals surface area (Å²) in [7, 11) is 1.62. The minimum Gasteiger partial charge on any atom is -0.448 e. The molecule has 144 valence electrons. The Bertz CT molecular complexity index is 652. The number of rotatable bonds is 4. The Morgan fingerprint density at radius 1 is 1.19 bits per heavy atom. The molecule has 0 spiro atoms. The number of cyclic esters (lactones) is 1. The maximum atomic E-state index is 13.2. The summed E-state index contributed by atoms with van der Waals surface area (Å²) >= 11 is 0. The Balaban J connectivity index is 2.03. The lowest BCUT2D eigenvalue weighted by Gasteiger charge is -2.34. The van der Waals surface area contributed by atoms with Crippen molar-refractivity contribution in [1.29, 1.82) is 0 Å². The molecule has 0 radical (unpaired) electrons. The van der Waals surface area contributed by atoms with E-state index in [1.807, 2.05) is 0 Å². The van der Waals surface area contributed by atoms with Gasteiger partial charge < -0.3 is 14.4 Å². The molecule has 26 heavy (non-hydrogen) atoms. The molecule has 2 aliphatic rings. The predicted octanol–water partition coefficient (Wildman–Crippen LogP) is 4.85. The Morgan fingerprint density at radius 3 is 2.42 bits per heavy atom. The molecule has 7 heteroatoms. The highest BCUT2D eigenvalue weighted by Gasteiger charge is 2.38. The third-order valence-corrected chi connectivity index (χ3v) is 5.43. The molecule has 1 heterocycles. The highest BCUT2D eigenvalue weighted by atomic mass is 19.4. The normalized spacial score (nSPS) is 20.8. The third kappa shape index (κ3) is 3.82. The van der Waals surface area contributed by atoms with E-state index in [9.17, 15) is 18.0 Å². The van der Waals surface area contributed by atoms with Crippen molar-refractivity contribution in [2.75, 3.05) is 20.3 Å². The van der Waals surface area contributed by atoms with Crippen LogP contribution < -0.4 is 0 Å². The molecule has 0 atom stereocenters. The van der Waals surface area contributed by atoms with Gasteiger partial charge in [0.1, 0.15) is 6.61 Å². The Hall–Kier alpha value is -1.76. The molecule has 1 aliphatic carbocycles. The van der Waals surface area contributed by atoms with Gasteiger partial charge in [0.05, 0.1) is 17.7 Å². The van der Waals surface area contributed by atoms with E-state index in [1.165, 1.54) is 11.0 Å². The van der Waals surface area contributed by atoms with Gasteiger partial charge in [-0.05, 0) is 36.1 Å². The second kappa shape index (κ2) is 7.47. The number of benzene rings is 1. The molecule has 1 aromatic carbocycles. The highest BCUT2D eigenvalue weighted by Crippen LogP contribution is 2.42. The first kappa shape index (κ1) is 19.0. The van der Waals surface area contributed by atoms with Gasteiger partial charge >= 0.3 is 12.3 Å². The zero-order chi connectivity index (χ0) is 18.8. The minimum absolute atomic E-state index is 0.100. The first-order valence-electron chi connectivity index (χ1n) is 9.03. The number of nitrogens with zero attached hydrogens (tertiary/aromatic N) is 1. The summed E-state index contributed by atoms with van der Waals surface area (Å²) in [6, 6.07) is 3.81. The lowest BCUT2D eigenvalue weighted by Crippen LogP contribution is -2.32. The van der Waals surface area contributed by atoms with Gasteiger partial charge in [-0.1, -0.05) is 31.7 Å². The van der Waals surface area contributed by atoms with Crippen LogP contribution in [0.1, 0.15) is 55.2 Å². The first-order valence-corrected chi connectivity index (χ1v) is 9.03. The molecule has 1 aliphatic heterocycles. The van der Waals surface area contributed by atoms with E-state index in [0.717, 1.165) is 56.2 Å². The number of carbonyl (C=O) groups excluding carboxylic acids is 1. The van der Waals surface area contributed by atoms with E-state index in [2.05, 4.69) is 0 Å². The molecule has 0 N–H and O–H groups in total. The van der Waals surface area contributed by atoms with E-state index >= 15 is 0 Å². The minimum atomic E-state index is -4.43. The van der Waals surface area contributed by atoms with Crippen molar-refractivity contribution in [2.24, 2.45) is 0 Å². The zero-order valence-electron chi connectivity index (χ0n) is 14.9. The van der Waals surface area contributed by atoms with Crippen LogP contribution in [0.4, 0.5) is 18.0 Å². The summed E-state index contributed by atoms with van der Waals surface area (Å²) in [5.41, 5.74) is -0.0553. The average Bonchev–Trinajstić information content (AvgIpc) is 2.86. The van der Waals surface area contributed by atoms with Crippen molar-refractivity contribution in [3.05, 3.63) is 34.9 Å². The van der Waals surface area contributed by atoms with Crippen LogP contribution in [0, 0.1) is 0 Å². The van der Waals surface area contributed by atoms with Crippen molar-refractivity contribution < 1.29 is 27.4 Å². The van der Waals surface area contributed by atoms with Crippen LogP contribution in [0.5, 0.6) is 0 Å². The number of alkyl halides is 3. The van der Waals surface area contributed by atoms with Gasteiger partial charge in [-0.3, -0.25) is 0 Å². The SMILES string of the molecule is COC1(c2ccc(C(F)(F)F)cc2CN2CCOC2=O)CCCCCC1. The molecule has 2 fully saturated rings. The summed E-state index contributed by atoms with van der Waals surface area (Å²) in [5.74, 6) is 0. The molecular formula is C19H24F3NO3. The number of hydrogen-bond donors (Lipinski definition) is 0. The predicted molar refractivity (Wildman–Crippen MR) is 89.6 cm³/mol. The smallest absolute Gasteiger partial charge is 0.416 e. The lowest BCUT2D eigenvalue weighted by atomic mass is 9.82. The maximum Gasteiger partial charge on any atom is 0.416 e. The fraction of sp³-hybridized carbons (Fsp3) is 0.632. The molecule has 4 nitrogen and oxygen atoms in total. The van der Waals surface area contributed by atoms with E-state index in [1.54, 1.807) is 7.11 Å². The highest BCUT2D eigenvalue weighted by molar-refractivity contribution is 5.69. The van der Waals surface area contributed by atoms with Crippen LogP contribution in [0.2, 0.25) is 0 Å². The number of ether oxygens (including phenoxy) is 2. The van der Waals surface area contributed by atoms with E-state index in [0.29, 0.717) is 12.1 Å². The Kier molecular flexibility index (Phi) is 5.46. The molecule has 1 amide bonds. The van der Waals surface area contributed by atoms with Gasteiger partial charge in [0.2, 0.25) is 0 Å². The molecule has 1 aromatic rings. The van der Waals surface area contributed by atoms with Gasteiger partial charge in [-0.15, -0.1) is 0 Å². The third-order valence-electron chi connectivity index (χ3n) is 5.43. The van der Waals surface area contributed by atoms with Crippen molar-refractivity contribution in [3.8, 4) is 0 Å². The molecule has 3 rings (SSSR count). The summed E-state index contributed by atoms with van der Waals surface area (Å²) in [4.78, 5) is 13.2. The summed E-state index contributed by atoms with van der Waals surface area (Å²) in [5, 5.41) is 0. The average molecular weight is 371 g/mol. The topological polar surface area (TPSA) is 38.8 Å². The van der Waals surface area contributed by atoms with Crippen LogP contribution >= 0.6 is 0 Å². The summed E-state index contributed by atoms with van der Waals surface area (Å²) in [6.45, 7) is 0.750. The van der Waals surface area contributed by atoms with Crippen molar-refractivity contribution >= 4 is 6.09 Å². The molecular weight excluding hydrogens is 347 g/mol. The number of halogens is 3. The lowest BCUT2D eigenvalue weighted by molar-refractivity contribution is -0.137. The van der Waals surface area contributed by atoms with Crippen LogP contribution in [0.25, 0.3) is 0 Å². The van der Waals surface area contributed by atoms with E-state index < -0.39 is 23.4 Å². The quantitative estimate of drug-likeness (QED) is 0.710. The fourth-order valence-electron chi connectivity index (χ4n) is 4.00. The van der Waals surface area contributed by atoms with Gasteiger partial charge in [-0.2, -0.15) is 13.2 Å². The molecule has 1 saturated carbocycles. The van der Waals surface area contributed by atoms with E-state index in [-0.39, 0.29) is 13.2 Å². The number of amides is 1. The van der Waals surface area contributed by atoms with Crippen LogP contribution in [0.15, 0.2) is 18.2 Å². The number of carbonyl (C=O) groups is 1. The standard InChI is InChI=1S/C19H24F3NO3/c1-25-18(8-4-2-3-5-9-18)16-7-6-15(19(20,21)22)12-14(16)13-23-10-11-26-17(23)24/h6-7,12H,2-5,8-11,13H2,1H3. The fourth-order valence-corrected chi connectivity index (χ4v) is 4.00. The van der Waals surface area contributed by atoms with Crippen LogP contribution in [-0.4, -0.2) is 31.3 Å². The van der Waals surface area contributed by atoms with Crippen LogP contribution in [-0.2, 0) is 27.8 Å². The zero-order valence-corrected chi connectivity index (χ0v) is 14.9. The van der Waals surface area contributed by atoms with Crippen molar-refractivity contribution in [3.63, 3.8) is 0 Å². The van der Waals surface area contributed by atoms with Gasteiger partial charge in [0.15, 0.2) is 0 Å².